The highest BCUT2D eigenvalue weighted by Gasteiger charge is 2.53. The lowest BCUT2D eigenvalue weighted by Crippen LogP contribution is -2.48. The number of carbonyl (C=O) groups excluding carboxylic acids is 2. The molecular formula is C14H18N4O3. The van der Waals surface area contributed by atoms with Gasteiger partial charge in [-0.1, -0.05) is 0 Å². The fourth-order valence-corrected chi connectivity index (χ4v) is 3.18. The SMILES string of the molecule is Cc1ccc(C(=O)N2C[C@@H]3COCC[C@]3(C(N)=O)C2)nn1. The van der Waals surface area contributed by atoms with Crippen molar-refractivity contribution >= 4 is 11.8 Å². The van der Waals surface area contributed by atoms with Gasteiger partial charge in [-0.2, -0.15) is 5.10 Å². The number of hydrogen-bond acceptors (Lipinski definition) is 5. The summed E-state index contributed by atoms with van der Waals surface area (Å²) in [4.78, 5) is 26.0. The van der Waals surface area contributed by atoms with Crippen LogP contribution in [0.25, 0.3) is 0 Å². The molecule has 7 nitrogen and oxygen atoms in total. The lowest BCUT2D eigenvalue weighted by molar-refractivity contribution is -0.135. The van der Waals surface area contributed by atoms with Crippen LogP contribution in [0.15, 0.2) is 12.1 Å². The molecule has 0 spiro atoms. The van der Waals surface area contributed by atoms with Crippen LogP contribution in [-0.2, 0) is 9.53 Å². The Bertz CT molecular complexity index is 574. The molecule has 1 aromatic rings. The van der Waals surface area contributed by atoms with E-state index in [0.29, 0.717) is 38.4 Å². The Balaban J connectivity index is 1.83. The molecule has 2 atom stereocenters. The number of aryl methyl sites for hydroxylation is 1. The zero-order chi connectivity index (χ0) is 15.0. The van der Waals surface area contributed by atoms with E-state index in [0.717, 1.165) is 5.69 Å². The van der Waals surface area contributed by atoms with Crippen LogP contribution in [0.4, 0.5) is 0 Å². The van der Waals surface area contributed by atoms with E-state index in [9.17, 15) is 9.59 Å². The number of carbonyl (C=O) groups is 2. The fraction of sp³-hybridized carbons (Fsp3) is 0.571. The Labute approximate surface area is 122 Å². The monoisotopic (exact) mass is 290 g/mol. The molecule has 21 heavy (non-hydrogen) atoms. The Hall–Kier alpha value is -2.02. The van der Waals surface area contributed by atoms with Gasteiger partial charge in [-0.15, -0.1) is 5.10 Å². The standard InChI is InChI=1S/C14H18N4O3/c1-9-2-3-11(17-16-9)12(19)18-6-10-7-21-5-4-14(10,8-18)13(15)20/h2-3,10H,4-8H2,1H3,(H2,15,20)/t10-,14+/m1/s1. The lowest BCUT2D eigenvalue weighted by Gasteiger charge is -2.34. The molecule has 0 saturated carbocycles. The number of aromatic nitrogens is 2. The first-order chi connectivity index (χ1) is 10.0. The Morgan fingerprint density at radius 3 is 2.86 bits per heavy atom. The average molecular weight is 290 g/mol. The van der Waals surface area contributed by atoms with Crippen molar-refractivity contribution in [3.8, 4) is 0 Å². The molecule has 7 heteroatoms. The molecule has 3 heterocycles. The molecule has 0 aliphatic carbocycles. The van der Waals surface area contributed by atoms with E-state index in [1.807, 2.05) is 6.92 Å². The van der Waals surface area contributed by atoms with E-state index in [2.05, 4.69) is 10.2 Å². The maximum atomic E-state index is 12.5. The van der Waals surface area contributed by atoms with Gasteiger partial charge in [0.2, 0.25) is 5.91 Å². The van der Waals surface area contributed by atoms with Gasteiger partial charge in [0, 0.05) is 25.6 Å². The maximum Gasteiger partial charge on any atom is 0.274 e. The van der Waals surface area contributed by atoms with Crippen molar-refractivity contribution in [2.75, 3.05) is 26.3 Å². The molecule has 2 N–H and O–H groups in total. The second kappa shape index (κ2) is 5.07. The second-order valence-electron chi connectivity index (χ2n) is 5.79. The van der Waals surface area contributed by atoms with Crippen LogP contribution in [0.3, 0.4) is 0 Å². The van der Waals surface area contributed by atoms with Crippen LogP contribution in [0.2, 0.25) is 0 Å². The first kappa shape index (κ1) is 13.9. The first-order valence-corrected chi connectivity index (χ1v) is 7.00. The molecule has 2 amide bonds. The minimum absolute atomic E-state index is 0.0360. The third-order valence-electron chi connectivity index (χ3n) is 4.50. The average Bonchev–Trinajstić information content (AvgIpc) is 2.88. The molecule has 0 aromatic carbocycles. The van der Waals surface area contributed by atoms with E-state index in [4.69, 9.17) is 10.5 Å². The zero-order valence-corrected chi connectivity index (χ0v) is 11.9. The Morgan fingerprint density at radius 1 is 1.43 bits per heavy atom. The van der Waals surface area contributed by atoms with E-state index in [1.165, 1.54) is 0 Å². The highest BCUT2D eigenvalue weighted by Crippen LogP contribution is 2.42. The largest absolute Gasteiger partial charge is 0.381 e. The molecule has 0 radical (unpaired) electrons. The number of rotatable bonds is 2. The van der Waals surface area contributed by atoms with Crippen molar-refractivity contribution < 1.29 is 14.3 Å². The highest BCUT2D eigenvalue weighted by atomic mass is 16.5. The molecule has 1 aromatic heterocycles. The van der Waals surface area contributed by atoms with Crippen molar-refractivity contribution in [2.24, 2.45) is 17.1 Å². The van der Waals surface area contributed by atoms with Crippen LogP contribution in [0.5, 0.6) is 0 Å². The van der Waals surface area contributed by atoms with Gasteiger partial charge in [0.25, 0.3) is 5.91 Å². The van der Waals surface area contributed by atoms with E-state index in [-0.39, 0.29) is 17.7 Å². The summed E-state index contributed by atoms with van der Waals surface area (Å²) in [5.74, 6) is -0.593. The normalized spacial score (nSPS) is 28.2. The van der Waals surface area contributed by atoms with Gasteiger partial charge in [-0.25, -0.2) is 0 Å². The molecule has 2 aliphatic heterocycles. The lowest BCUT2D eigenvalue weighted by atomic mass is 9.74. The van der Waals surface area contributed by atoms with Crippen molar-refractivity contribution in [2.45, 2.75) is 13.3 Å². The Morgan fingerprint density at radius 2 is 2.24 bits per heavy atom. The number of amides is 2. The molecule has 2 aliphatic rings. The van der Waals surface area contributed by atoms with Crippen LogP contribution in [0.1, 0.15) is 22.6 Å². The predicted molar refractivity (Wildman–Crippen MR) is 73.2 cm³/mol. The van der Waals surface area contributed by atoms with Gasteiger partial charge in [-0.3, -0.25) is 9.59 Å². The van der Waals surface area contributed by atoms with Gasteiger partial charge in [-0.05, 0) is 25.5 Å². The first-order valence-electron chi connectivity index (χ1n) is 7.00. The summed E-state index contributed by atoms with van der Waals surface area (Å²) in [5, 5.41) is 7.82. The summed E-state index contributed by atoms with van der Waals surface area (Å²) in [6, 6.07) is 3.40. The summed E-state index contributed by atoms with van der Waals surface area (Å²) in [6.07, 6.45) is 0.566. The maximum absolute atomic E-state index is 12.5. The van der Waals surface area contributed by atoms with Crippen molar-refractivity contribution in [3.63, 3.8) is 0 Å². The summed E-state index contributed by atoms with van der Waals surface area (Å²) < 4.78 is 5.43. The number of primary amides is 1. The van der Waals surface area contributed by atoms with E-state index in [1.54, 1.807) is 17.0 Å². The number of hydrogen-bond donors (Lipinski definition) is 1. The summed E-state index contributed by atoms with van der Waals surface area (Å²) in [6.45, 7) is 3.59. The van der Waals surface area contributed by atoms with Gasteiger partial charge in [0.15, 0.2) is 5.69 Å². The molecule has 112 valence electrons. The van der Waals surface area contributed by atoms with Gasteiger partial charge >= 0.3 is 0 Å². The van der Waals surface area contributed by atoms with Crippen molar-refractivity contribution in [1.82, 2.24) is 15.1 Å². The number of ether oxygens (including phenoxy) is 1. The minimum Gasteiger partial charge on any atom is -0.381 e. The fourth-order valence-electron chi connectivity index (χ4n) is 3.18. The summed E-state index contributed by atoms with van der Waals surface area (Å²) >= 11 is 0. The van der Waals surface area contributed by atoms with Crippen molar-refractivity contribution in [3.05, 3.63) is 23.5 Å². The molecule has 0 bridgehead atoms. The number of fused-ring (bicyclic) bond motifs is 1. The molecule has 0 unspecified atom stereocenters. The van der Waals surface area contributed by atoms with Gasteiger partial charge < -0.3 is 15.4 Å². The van der Waals surface area contributed by atoms with Gasteiger partial charge in [0.1, 0.15) is 0 Å². The quantitative estimate of drug-likeness (QED) is 0.809. The molecule has 2 fully saturated rings. The summed E-state index contributed by atoms with van der Waals surface area (Å²) in [7, 11) is 0. The Kier molecular flexibility index (Phi) is 3.36. The number of nitrogens with two attached hydrogens (primary N) is 1. The number of likely N-dealkylation sites (tertiary alicyclic amines) is 1. The minimum atomic E-state index is -0.661. The third kappa shape index (κ3) is 2.27. The summed E-state index contributed by atoms with van der Waals surface area (Å²) in [5.41, 5.74) is 5.99. The highest BCUT2D eigenvalue weighted by molar-refractivity contribution is 5.93. The van der Waals surface area contributed by atoms with Crippen LogP contribution < -0.4 is 5.73 Å². The topological polar surface area (TPSA) is 98.4 Å². The molecule has 2 saturated heterocycles. The van der Waals surface area contributed by atoms with Crippen LogP contribution >= 0.6 is 0 Å². The van der Waals surface area contributed by atoms with Crippen LogP contribution in [0, 0.1) is 18.3 Å². The van der Waals surface area contributed by atoms with Crippen molar-refractivity contribution in [1.29, 1.82) is 0 Å². The van der Waals surface area contributed by atoms with E-state index < -0.39 is 5.41 Å². The number of nitrogens with zero attached hydrogens (tertiary/aromatic N) is 3. The molecular weight excluding hydrogens is 272 g/mol. The third-order valence-corrected chi connectivity index (χ3v) is 4.50. The smallest absolute Gasteiger partial charge is 0.274 e. The zero-order valence-electron chi connectivity index (χ0n) is 11.9. The predicted octanol–water partition coefficient (Wildman–Crippen LogP) is -0.251. The van der Waals surface area contributed by atoms with Gasteiger partial charge in [0.05, 0.1) is 17.7 Å². The second-order valence-corrected chi connectivity index (χ2v) is 5.79. The molecule has 3 rings (SSSR count). The van der Waals surface area contributed by atoms with Crippen LogP contribution in [-0.4, -0.2) is 53.2 Å². The van der Waals surface area contributed by atoms with E-state index >= 15 is 0 Å².